The number of rotatable bonds is 5. The number of amides is 1. The van der Waals surface area contributed by atoms with E-state index in [1.165, 1.54) is 23.9 Å². The van der Waals surface area contributed by atoms with Crippen LogP contribution in [0.4, 0.5) is 11.4 Å². The van der Waals surface area contributed by atoms with E-state index < -0.39 is 4.92 Å². The summed E-state index contributed by atoms with van der Waals surface area (Å²) in [5.41, 5.74) is 1.83. The van der Waals surface area contributed by atoms with Crippen molar-refractivity contribution in [3.8, 4) is 0 Å². The van der Waals surface area contributed by atoms with Crippen LogP contribution < -0.4 is 5.32 Å². The molecule has 2 aromatic carbocycles. The van der Waals surface area contributed by atoms with Crippen molar-refractivity contribution >= 4 is 45.0 Å². The van der Waals surface area contributed by atoms with Crippen LogP contribution in [0.5, 0.6) is 0 Å². The smallest absolute Gasteiger partial charge is 0.269 e. The van der Waals surface area contributed by atoms with Crippen LogP contribution in [-0.2, 0) is 4.79 Å². The van der Waals surface area contributed by atoms with Gasteiger partial charge in [0.15, 0.2) is 0 Å². The van der Waals surface area contributed by atoms with Crippen LogP contribution in [0.15, 0.2) is 51.8 Å². The number of nitro benzene ring substituents is 1. The van der Waals surface area contributed by atoms with E-state index in [4.69, 9.17) is 0 Å². The van der Waals surface area contributed by atoms with E-state index in [9.17, 15) is 14.9 Å². The molecule has 2 aromatic rings. The fraction of sp³-hybridized carbons (Fsp3) is 0.133. The average Bonchev–Trinajstić information content (AvgIpc) is 2.49. The number of benzene rings is 2. The number of nitrogens with zero attached hydrogens (tertiary/aromatic N) is 1. The van der Waals surface area contributed by atoms with Crippen molar-refractivity contribution in [3.05, 3.63) is 62.6 Å². The number of halogens is 1. The molecule has 0 spiro atoms. The molecule has 114 valence electrons. The van der Waals surface area contributed by atoms with Crippen molar-refractivity contribution in [2.45, 2.75) is 11.8 Å². The number of nitro groups is 1. The minimum absolute atomic E-state index is 0.0409. The molecule has 0 saturated heterocycles. The topological polar surface area (TPSA) is 72.2 Å². The molecule has 0 aliphatic carbocycles. The fourth-order valence-corrected chi connectivity index (χ4v) is 2.68. The number of carbonyl (C=O) groups excluding carboxylic acids is 1. The Kier molecular flexibility index (Phi) is 5.57. The van der Waals surface area contributed by atoms with Gasteiger partial charge < -0.3 is 5.32 Å². The second-order valence-electron chi connectivity index (χ2n) is 4.55. The Labute approximate surface area is 140 Å². The van der Waals surface area contributed by atoms with Crippen LogP contribution in [0.2, 0.25) is 0 Å². The zero-order valence-electron chi connectivity index (χ0n) is 11.7. The minimum Gasteiger partial charge on any atom is -0.325 e. The Morgan fingerprint density at radius 2 is 1.95 bits per heavy atom. The molecule has 7 heteroatoms. The second-order valence-corrected chi connectivity index (χ2v) is 6.45. The van der Waals surface area contributed by atoms with E-state index in [-0.39, 0.29) is 17.3 Å². The number of hydrogen-bond donors (Lipinski definition) is 1. The van der Waals surface area contributed by atoms with Gasteiger partial charge in [-0.15, -0.1) is 11.8 Å². The predicted molar refractivity (Wildman–Crippen MR) is 91.3 cm³/mol. The summed E-state index contributed by atoms with van der Waals surface area (Å²) < 4.78 is 0.991. The average molecular weight is 381 g/mol. The highest BCUT2D eigenvalue weighted by Crippen LogP contribution is 2.23. The summed E-state index contributed by atoms with van der Waals surface area (Å²) in [6, 6.07) is 11.7. The minimum atomic E-state index is -0.447. The van der Waals surface area contributed by atoms with Crippen LogP contribution in [-0.4, -0.2) is 16.6 Å². The Bertz CT molecular complexity index is 704. The van der Waals surface area contributed by atoms with Gasteiger partial charge in [0, 0.05) is 27.2 Å². The highest BCUT2D eigenvalue weighted by Gasteiger charge is 2.07. The van der Waals surface area contributed by atoms with Crippen LogP contribution in [0, 0.1) is 17.0 Å². The van der Waals surface area contributed by atoms with E-state index in [0.717, 1.165) is 20.6 Å². The summed E-state index contributed by atoms with van der Waals surface area (Å²) in [5, 5.41) is 13.4. The van der Waals surface area contributed by atoms with E-state index in [1.54, 1.807) is 12.1 Å². The van der Waals surface area contributed by atoms with Gasteiger partial charge in [0.2, 0.25) is 5.91 Å². The van der Waals surface area contributed by atoms with Gasteiger partial charge in [0.05, 0.1) is 10.7 Å². The number of carbonyl (C=O) groups is 1. The van der Waals surface area contributed by atoms with Crippen molar-refractivity contribution in [1.29, 1.82) is 0 Å². The third-order valence-corrected chi connectivity index (χ3v) is 4.76. The maximum Gasteiger partial charge on any atom is 0.269 e. The lowest BCUT2D eigenvalue weighted by Gasteiger charge is -2.07. The maximum atomic E-state index is 11.9. The van der Waals surface area contributed by atoms with Crippen LogP contribution >= 0.6 is 27.7 Å². The van der Waals surface area contributed by atoms with Crippen molar-refractivity contribution in [1.82, 2.24) is 0 Å². The lowest BCUT2D eigenvalue weighted by atomic mass is 10.2. The molecule has 0 radical (unpaired) electrons. The molecule has 5 nitrogen and oxygen atoms in total. The molecule has 0 unspecified atom stereocenters. The second kappa shape index (κ2) is 7.42. The quantitative estimate of drug-likeness (QED) is 0.474. The molecule has 0 heterocycles. The third-order valence-electron chi connectivity index (χ3n) is 2.86. The van der Waals surface area contributed by atoms with Gasteiger partial charge in [-0.05, 0) is 42.8 Å². The van der Waals surface area contributed by atoms with Gasteiger partial charge in [-0.2, -0.15) is 0 Å². The number of hydrogen-bond acceptors (Lipinski definition) is 4. The molecule has 0 bridgehead atoms. The summed E-state index contributed by atoms with van der Waals surface area (Å²) in [5.74, 6) is 0.123. The molecular weight excluding hydrogens is 368 g/mol. The van der Waals surface area contributed by atoms with Gasteiger partial charge in [0.25, 0.3) is 5.69 Å². The third kappa shape index (κ3) is 4.57. The summed E-state index contributed by atoms with van der Waals surface area (Å²) >= 11 is 4.74. The molecular formula is C15H13BrN2O3S. The summed E-state index contributed by atoms with van der Waals surface area (Å²) in [6.07, 6.45) is 0. The van der Waals surface area contributed by atoms with E-state index in [0.29, 0.717) is 0 Å². The fourth-order valence-electron chi connectivity index (χ4n) is 1.73. The SMILES string of the molecule is Cc1cc(NC(=O)CSc2ccc([N+](=O)[O-])cc2)ccc1Br. The van der Waals surface area contributed by atoms with Crippen molar-refractivity contribution in [2.75, 3.05) is 11.1 Å². The summed E-state index contributed by atoms with van der Waals surface area (Å²) in [6.45, 7) is 1.95. The molecule has 1 amide bonds. The zero-order valence-corrected chi connectivity index (χ0v) is 14.1. The first-order valence-electron chi connectivity index (χ1n) is 6.39. The van der Waals surface area contributed by atoms with Gasteiger partial charge in [-0.1, -0.05) is 15.9 Å². The number of anilines is 1. The normalized spacial score (nSPS) is 10.3. The zero-order chi connectivity index (χ0) is 16.1. The summed E-state index contributed by atoms with van der Waals surface area (Å²) in [4.78, 5) is 22.8. The number of thioether (sulfide) groups is 1. The predicted octanol–water partition coefficient (Wildman–Crippen LogP) is 4.40. The van der Waals surface area contributed by atoms with Crippen molar-refractivity contribution in [3.63, 3.8) is 0 Å². The number of non-ortho nitro benzene ring substituents is 1. The molecule has 2 rings (SSSR count). The Hall–Kier alpha value is -1.86. The first-order valence-corrected chi connectivity index (χ1v) is 8.17. The van der Waals surface area contributed by atoms with Crippen LogP contribution in [0.1, 0.15) is 5.56 Å². The van der Waals surface area contributed by atoms with Crippen molar-refractivity contribution in [2.24, 2.45) is 0 Å². The van der Waals surface area contributed by atoms with Crippen LogP contribution in [0.3, 0.4) is 0 Å². The molecule has 0 aromatic heterocycles. The van der Waals surface area contributed by atoms with E-state index >= 15 is 0 Å². The number of aryl methyl sites for hydroxylation is 1. The Balaban J connectivity index is 1.89. The lowest BCUT2D eigenvalue weighted by Crippen LogP contribution is -2.14. The lowest BCUT2D eigenvalue weighted by molar-refractivity contribution is -0.384. The highest BCUT2D eigenvalue weighted by atomic mass is 79.9. The largest absolute Gasteiger partial charge is 0.325 e. The maximum absolute atomic E-state index is 11.9. The molecule has 0 fully saturated rings. The van der Waals surface area contributed by atoms with E-state index in [1.807, 2.05) is 25.1 Å². The van der Waals surface area contributed by atoms with Gasteiger partial charge in [-0.3, -0.25) is 14.9 Å². The summed E-state index contributed by atoms with van der Waals surface area (Å²) in [7, 11) is 0. The molecule has 0 atom stereocenters. The number of nitrogens with one attached hydrogen (secondary N) is 1. The van der Waals surface area contributed by atoms with Gasteiger partial charge in [0.1, 0.15) is 0 Å². The van der Waals surface area contributed by atoms with Crippen molar-refractivity contribution < 1.29 is 9.72 Å². The van der Waals surface area contributed by atoms with Crippen LogP contribution in [0.25, 0.3) is 0 Å². The molecule has 0 aliphatic heterocycles. The van der Waals surface area contributed by atoms with Gasteiger partial charge in [-0.25, -0.2) is 0 Å². The molecule has 22 heavy (non-hydrogen) atoms. The standard InChI is InChI=1S/C15H13BrN2O3S/c1-10-8-11(2-7-14(10)16)17-15(19)9-22-13-5-3-12(4-6-13)18(20)21/h2-8H,9H2,1H3,(H,17,19). The van der Waals surface area contributed by atoms with Gasteiger partial charge >= 0.3 is 0 Å². The Morgan fingerprint density at radius 3 is 2.55 bits per heavy atom. The highest BCUT2D eigenvalue weighted by molar-refractivity contribution is 9.10. The van der Waals surface area contributed by atoms with E-state index in [2.05, 4.69) is 21.2 Å². The Morgan fingerprint density at radius 1 is 1.27 bits per heavy atom. The molecule has 0 aliphatic rings. The first kappa shape index (κ1) is 16.5. The molecule has 1 N–H and O–H groups in total. The molecule has 0 saturated carbocycles. The first-order chi connectivity index (χ1) is 10.5. The monoisotopic (exact) mass is 380 g/mol.